The molecular weight excluding hydrogens is 468 g/mol. The van der Waals surface area contributed by atoms with Crippen LogP contribution in [0, 0.1) is 13.8 Å². The zero-order valence-corrected chi connectivity index (χ0v) is 22.5. The van der Waals surface area contributed by atoms with E-state index in [1.807, 2.05) is 26.0 Å². The number of likely N-dealkylation sites (tertiary alicyclic amines) is 1. The van der Waals surface area contributed by atoms with Gasteiger partial charge in [-0.05, 0) is 64.3 Å². The maximum Gasteiger partial charge on any atom is 0.411 e. The lowest BCUT2D eigenvalue weighted by Gasteiger charge is -2.27. The van der Waals surface area contributed by atoms with Crippen molar-refractivity contribution in [1.29, 1.82) is 0 Å². The summed E-state index contributed by atoms with van der Waals surface area (Å²) in [6, 6.07) is 3.30. The Hall–Kier alpha value is -2.88. The minimum atomic E-state index is -0.750. The van der Waals surface area contributed by atoms with Crippen molar-refractivity contribution in [3.8, 4) is 16.3 Å². The fraction of sp³-hybridized carbons (Fsp3) is 0.600. The highest BCUT2D eigenvalue weighted by Crippen LogP contribution is 2.35. The van der Waals surface area contributed by atoms with Crippen LogP contribution in [0.4, 0.5) is 9.93 Å². The van der Waals surface area contributed by atoms with Gasteiger partial charge in [0.15, 0.2) is 0 Å². The van der Waals surface area contributed by atoms with Gasteiger partial charge in [0.05, 0.1) is 13.7 Å². The molecule has 1 aliphatic heterocycles. The predicted octanol–water partition coefficient (Wildman–Crippen LogP) is 4.96. The van der Waals surface area contributed by atoms with Crippen molar-refractivity contribution < 1.29 is 23.8 Å². The fourth-order valence-electron chi connectivity index (χ4n) is 3.97. The van der Waals surface area contributed by atoms with Gasteiger partial charge in [0.1, 0.15) is 28.5 Å². The van der Waals surface area contributed by atoms with Gasteiger partial charge in [0.25, 0.3) is 0 Å². The summed E-state index contributed by atoms with van der Waals surface area (Å²) in [7, 11) is 1.31. The van der Waals surface area contributed by atoms with Crippen LogP contribution >= 0.6 is 11.3 Å². The van der Waals surface area contributed by atoms with Crippen molar-refractivity contribution in [3.63, 3.8) is 0 Å². The quantitative estimate of drug-likeness (QED) is 0.397. The second kappa shape index (κ2) is 11.2. The molecule has 2 heterocycles. The molecule has 10 heteroatoms. The number of carbonyl (C=O) groups is 2. The normalized spacial score (nSPS) is 17.9. The van der Waals surface area contributed by atoms with Gasteiger partial charge in [-0.2, -0.15) is 0 Å². The van der Waals surface area contributed by atoms with Gasteiger partial charge >= 0.3 is 12.1 Å². The lowest BCUT2D eigenvalue weighted by atomic mass is 10.1. The second-order valence-corrected chi connectivity index (χ2v) is 10.8. The molecule has 3 rings (SSSR count). The van der Waals surface area contributed by atoms with E-state index in [1.54, 1.807) is 20.8 Å². The molecule has 9 nitrogen and oxygen atoms in total. The molecule has 0 aliphatic carbocycles. The monoisotopic (exact) mass is 504 g/mol. The molecule has 1 fully saturated rings. The third-order valence-electron chi connectivity index (χ3n) is 5.59. The summed E-state index contributed by atoms with van der Waals surface area (Å²) in [6.07, 6.45) is 1.61. The second-order valence-electron chi connectivity index (χ2n) is 9.78. The largest absolute Gasteiger partial charge is 0.488 e. The Morgan fingerprint density at radius 3 is 2.49 bits per heavy atom. The Labute approximate surface area is 211 Å². The molecule has 2 unspecified atom stereocenters. The highest BCUT2D eigenvalue weighted by Gasteiger charge is 2.43. The van der Waals surface area contributed by atoms with Gasteiger partial charge in [0, 0.05) is 18.5 Å². The number of ether oxygens (including phenoxy) is 3. The first kappa shape index (κ1) is 26.7. The van der Waals surface area contributed by atoms with Crippen LogP contribution in [0.5, 0.6) is 5.75 Å². The number of hydrogen-bond donors (Lipinski definition) is 1. The van der Waals surface area contributed by atoms with Crippen molar-refractivity contribution in [2.24, 2.45) is 0 Å². The Kier molecular flexibility index (Phi) is 8.58. The maximum atomic E-state index is 12.7. The molecule has 2 aromatic rings. The van der Waals surface area contributed by atoms with E-state index in [1.165, 1.54) is 23.3 Å². The number of benzene rings is 1. The molecule has 1 aromatic heterocycles. The van der Waals surface area contributed by atoms with E-state index in [0.717, 1.165) is 52.0 Å². The van der Waals surface area contributed by atoms with Gasteiger partial charge in [0.2, 0.25) is 5.13 Å². The summed E-state index contributed by atoms with van der Waals surface area (Å²) >= 11 is 1.52. The number of nitrogens with one attached hydrogen (secondary N) is 1. The molecule has 192 valence electrons. The number of rotatable bonds is 8. The lowest BCUT2D eigenvalue weighted by Crippen LogP contribution is -2.44. The van der Waals surface area contributed by atoms with Crippen LogP contribution in [0.15, 0.2) is 12.1 Å². The summed E-state index contributed by atoms with van der Waals surface area (Å²) in [5, 5.41) is 13.5. The van der Waals surface area contributed by atoms with Crippen LogP contribution in [-0.4, -0.2) is 65.1 Å². The maximum absolute atomic E-state index is 12.7. The third-order valence-corrected chi connectivity index (χ3v) is 6.52. The number of amides is 1. The van der Waals surface area contributed by atoms with Crippen LogP contribution in [0.25, 0.3) is 10.6 Å². The fourth-order valence-corrected chi connectivity index (χ4v) is 4.73. The number of esters is 1. The smallest absolute Gasteiger partial charge is 0.411 e. The number of aromatic nitrogens is 2. The van der Waals surface area contributed by atoms with Crippen molar-refractivity contribution in [1.82, 2.24) is 15.1 Å². The number of methoxy groups -OCH3 is 1. The first-order valence-corrected chi connectivity index (χ1v) is 12.8. The number of hydrogen-bond acceptors (Lipinski definition) is 9. The SMILES string of the molecule is CCCCNc1nnc(-c2cc(C)c(OC3CC(C(=O)OC)N(C(=O)OC(C)(C)C)C3)c(C)c2)s1. The van der Waals surface area contributed by atoms with Crippen LogP contribution < -0.4 is 10.1 Å². The highest BCUT2D eigenvalue weighted by molar-refractivity contribution is 7.18. The zero-order valence-electron chi connectivity index (χ0n) is 21.6. The van der Waals surface area contributed by atoms with E-state index in [4.69, 9.17) is 14.2 Å². The standard InChI is InChI=1S/C25H36N4O5S/c1-8-9-10-26-23-28-27-21(35-23)17-11-15(2)20(16(3)12-17)33-18-13-19(22(30)32-7)29(14-18)24(31)34-25(4,5)6/h11-12,18-19H,8-10,13-14H2,1-7H3,(H,26,28). The van der Waals surface area contributed by atoms with Crippen molar-refractivity contribution >= 4 is 28.5 Å². The summed E-state index contributed by atoms with van der Waals surface area (Å²) in [5.74, 6) is 0.254. The number of unbranched alkanes of at least 4 members (excludes halogenated alkanes) is 1. The zero-order chi connectivity index (χ0) is 25.8. The summed E-state index contributed by atoms with van der Waals surface area (Å²) in [4.78, 5) is 26.5. The summed E-state index contributed by atoms with van der Waals surface area (Å²) in [6.45, 7) is 12.6. The van der Waals surface area contributed by atoms with Gasteiger partial charge in [-0.15, -0.1) is 10.2 Å². The van der Waals surface area contributed by atoms with Gasteiger partial charge in [-0.25, -0.2) is 9.59 Å². The van der Waals surface area contributed by atoms with Gasteiger partial charge in [-0.1, -0.05) is 24.7 Å². The van der Waals surface area contributed by atoms with Crippen LogP contribution in [0.1, 0.15) is 58.1 Å². The molecule has 0 bridgehead atoms. The van der Waals surface area contributed by atoms with E-state index in [0.29, 0.717) is 6.42 Å². The van der Waals surface area contributed by atoms with E-state index < -0.39 is 23.7 Å². The summed E-state index contributed by atoms with van der Waals surface area (Å²) in [5.41, 5.74) is 2.19. The molecule has 0 radical (unpaired) electrons. The van der Waals surface area contributed by atoms with E-state index >= 15 is 0 Å². The molecule has 1 amide bonds. The van der Waals surface area contributed by atoms with E-state index in [9.17, 15) is 9.59 Å². The molecule has 1 aliphatic rings. The Bertz CT molecular complexity index is 1030. The molecular formula is C25H36N4O5S. The molecule has 1 N–H and O–H groups in total. The topological polar surface area (TPSA) is 103 Å². The molecule has 0 spiro atoms. The van der Waals surface area contributed by atoms with Crippen molar-refractivity contribution in [2.45, 2.75) is 78.6 Å². The highest BCUT2D eigenvalue weighted by atomic mass is 32.1. The number of nitrogens with zero attached hydrogens (tertiary/aromatic N) is 3. The van der Waals surface area contributed by atoms with Crippen molar-refractivity contribution in [2.75, 3.05) is 25.5 Å². The Morgan fingerprint density at radius 1 is 1.20 bits per heavy atom. The predicted molar refractivity (Wildman–Crippen MR) is 136 cm³/mol. The Morgan fingerprint density at radius 2 is 1.89 bits per heavy atom. The third kappa shape index (κ3) is 6.84. The Balaban J connectivity index is 1.75. The first-order chi connectivity index (χ1) is 16.5. The average molecular weight is 505 g/mol. The minimum Gasteiger partial charge on any atom is -0.488 e. The average Bonchev–Trinajstić information content (AvgIpc) is 3.42. The van der Waals surface area contributed by atoms with Gasteiger partial charge in [-0.3, -0.25) is 4.90 Å². The van der Waals surface area contributed by atoms with Crippen LogP contribution in [0.3, 0.4) is 0 Å². The van der Waals surface area contributed by atoms with Crippen molar-refractivity contribution in [3.05, 3.63) is 23.3 Å². The number of anilines is 1. The first-order valence-electron chi connectivity index (χ1n) is 12.0. The molecule has 0 saturated carbocycles. The van der Waals surface area contributed by atoms with E-state index in [2.05, 4.69) is 22.4 Å². The van der Waals surface area contributed by atoms with E-state index in [-0.39, 0.29) is 12.6 Å². The molecule has 1 aromatic carbocycles. The summed E-state index contributed by atoms with van der Waals surface area (Å²) < 4.78 is 16.8. The number of carbonyl (C=O) groups excluding carboxylic acids is 2. The molecule has 2 atom stereocenters. The van der Waals surface area contributed by atoms with Crippen LogP contribution in [0.2, 0.25) is 0 Å². The van der Waals surface area contributed by atoms with Gasteiger partial charge < -0.3 is 19.5 Å². The minimum absolute atomic E-state index is 0.235. The van der Waals surface area contributed by atoms with Crippen LogP contribution in [-0.2, 0) is 14.3 Å². The lowest BCUT2D eigenvalue weighted by molar-refractivity contribution is -0.145. The molecule has 1 saturated heterocycles. The molecule has 35 heavy (non-hydrogen) atoms. The number of aryl methyl sites for hydroxylation is 2.